The number of hydrogen-bond acceptors (Lipinski definition) is 6. The minimum absolute atomic E-state index is 0.0490. The Balaban J connectivity index is 2.38. The Morgan fingerprint density at radius 2 is 1.90 bits per heavy atom. The van der Waals surface area contributed by atoms with Crippen molar-refractivity contribution < 1.29 is 29.0 Å². The van der Waals surface area contributed by atoms with Crippen LogP contribution in [0.25, 0.3) is 0 Å². The summed E-state index contributed by atoms with van der Waals surface area (Å²) in [7, 11) is 1.20. The predicted octanol–water partition coefficient (Wildman–Crippen LogP) is -0.308. The first-order valence-electron chi connectivity index (χ1n) is 6.29. The minimum atomic E-state index is -0.859. The number of rotatable bonds is 5. The van der Waals surface area contributed by atoms with E-state index in [2.05, 4.69) is 4.74 Å². The Labute approximate surface area is 117 Å². The zero-order valence-corrected chi connectivity index (χ0v) is 11.7. The third-order valence-corrected chi connectivity index (χ3v) is 3.38. The quantitative estimate of drug-likeness (QED) is 0.550. The summed E-state index contributed by atoms with van der Waals surface area (Å²) in [6.07, 6.45) is 1.03. The average molecular weight is 285 g/mol. The molecule has 1 fully saturated rings. The van der Waals surface area contributed by atoms with E-state index in [-0.39, 0.29) is 30.9 Å². The lowest BCUT2D eigenvalue weighted by Crippen LogP contribution is -2.37. The largest absolute Gasteiger partial charge is 0.466 e. The van der Waals surface area contributed by atoms with Gasteiger partial charge in [-0.1, -0.05) is 13.8 Å². The molecule has 1 aliphatic rings. The lowest BCUT2D eigenvalue weighted by Gasteiger charge is -2.21. The van der Waals surface area contributed by atoms with E-state index in [0.717, 1.165) is 12.2 Å². The van der Waals surface area contributed by atoms with E-state index in [9.17, 15) is 19.5 Å². The highest BCUT2D eigenvalue weighted by Gasteiger charge is 2.41. The van der Waals surface area contributed by atoms with Gasteiger partial charge in [0.25, 0.3) is 0 Å². The SMILES string of the molecule is COC(=O)/C=C/C(=O)OCCN1C(=O)[C@H](C)[C@H](C)C1O. The summed E-state index contributed by atoms with van der Waals surface area (Å²) >= 11 is 0. The summed E-state index contributed by atoms with van der Waals surface area (Å²) in [5.74, 6) is -1.93. The lowest BCUT2D eigenvalue weighted by molar-refractivity contribution is -0.143. The zero-order valence-electron chi connectivity index (χ0n) is 11.7. The molecule has 1 heterocycles. The van der Waals surface area contributed by atoms with Gasteiger partial charge in [0.15, 0.2) is 0 Å². The number of hydrogen-bond donors (Lipinski definition) is 1. The standard InChI is InChI=1S/C13H19NO6/c1-8-9(2)13(18)14(12(8)17)6-7-20-11(16)5-4-10(15)19-3/h4-5,8-9,12,17H,6-7H2,1-3H3/b5-4+/t8-,9+,12?/m0/s1. The molecule has 0 radical (unpaired) electrons. The van der Waals surface area contributed by atoms with E-state index in [1.54, 1.807) is 13.8 Å². The first-order chi connectivity index (χ1) is 9.38. The van der Waals surface area contributed by atoms with Crippen molar-refractivity contribution in [1.29, 1.82) is 0 Å². The summed E-state index contributed by atoms with van der Waals surface area (Å²) in [6, 6.07) is 0. The van der Waals surface area contributed by atoms with Gasteiger partial charge in [0.1, 0.15) is 12.8 Å². The van der Waals surface area contributed by atoms with Crippen LogP contribution in [0, 0.1) is 11.8 Å². The number of carbonyl (C=O) groups is 3. The van der Waals surface area contributed by atoms with Crippen LogP contribution in [0.1, 0.15) is 13.8 Å². The number of aliphatic hydroxyl groups excluding tert-OH is 1. The summed E-state index contributed by atoms with van der Waals surface area (Å²) in [4.78, 5) is 35.1. The fraction of sp³-hybridized carbons (Fsp3) is 0.615. The fourth-order valence-corrected chi connectivity index (χ4v) is 1.90. The lowest BCUT2D eigenvalue weighted by atomic mass is 9.99. The second kappa shape index (κ2) is 7.04. The fourth-order valence-electron chi connectivity index (χ4n) is 1.90. The second-order valence-corrected chi connectivity index (χ2v) is 4.62. The molecule has 3 atom stereocenters. The van der Waals surface area contributed by atoms with Crippen molar-refractivity contribution in [3.8, 4) is 0 Å². The maximum atomic E-state index is 11.8. The maximum Gasteiger partial charge on any atom is 0.331 e. The molecular weight excluding hydrogens is 266 g/mol. The molecule has 7 nitrogen and oxygen atoms in total. The monoisotopic (exact) mass is 285 g/mol. The van der Waals surface area contributed by atoms with Crippen molar-refractivity contribution in [2.24, 2.45) is 11.8 Å². The third-order valence-electron chi connectivity index (χ3n) is 3.38. The molecule has 1 N–H and O–H groups in total. The van der Waals surface area contributed by atoms with Gasteiger partial charge in [-0.15, -0.1) is 0 Å². The Bertz CT molecular complexity index is 419. The summed E-state index contributed by atoms with van der Waals surface area (Å²) < 4.78 is 9.15. The van der Waals surface area contributed by atoms with Gasteiger partial charge < -0.3 is 19.5 Å². The molecule has 0 aromatic heterocycles. The topological polar surface area (TPSA) is 93.1 Å². The second-order valence-electron chi connectivity index (χ2n) is 4.62. The molecule has 1 unspecified atom stereocenters. The number of ether oxygens (including phenoxy) is 2. The Kier molecular flexibility index (Phi) is 5.69. The smallest absolute Gasteiger partial charge is 0.331 e. The van der Waals surface area contributed by atoms with Gasteiger partial charge in [-0.2, -0.15) is 0 Å². The molecule has 1 saturated heterocycles. The summed E-state index contributed by atoms with van der Waals surface area (Å²) in [6.45, 7) is 3.61. The highest BCUT2D eigenvalue weighted by molar-refractivity contribution is 5.91. The van der Waals surface area contributed by atoms with Gasteiger partial charge in [-0.25, -0.2) is 9.59 Å². The van der Waals surface area contributed by atoms with Crippen molar-refractivity contribution >= 4 is 17.8 Å². The predicted molar refractivity (Wildman–Crippen MR) is 68.2 cm³/mol. The van der Waals surface area contributed by atoms with E-state index in [4.69, 9.17) is 4.74 Å². The van der Waals surface area contributed by atoms with Crippen molar-refractivity contribution in [3.63, 3.8) is 0 Å². The Morgan fingerprint density at radius 1 is 1.30 bits per heavy atom. The zero-order chi connectivity index (χ0) is 15.3. The van der Waals surface area contributed by atoms with Gasteiger partial charge in [-0.05, 0) is 0 Å². The van der Waals surface area contributed by atoms with Gasteiger partial charge >= 0.3 is 11.9 Å². The molecule has 0 spiro atoms. The molecule has 0 aliphatic carbocycles. The van der Waals surface area contributed by atoms with Crippen LogP contribution < -0.4 is 0 Å². The third kappa shape index (κ3) is 3.80. The van der Waals surface area contributed by atoms with Crippen LogP contribution in [-0.2, 0) is 23.9 Å². The molecule has 0 aromatic carbocycles. The first kappa shape index (κ1) is 16.2. The van der Waals surface area contributed by atoms with Crippen LogP contribution in [0.5, 0.6) is 0 Å². The van der Waals surface area contributed by atoms with Crippen LogP contribution in [0.15, 0.2) is 12.2 Å². The number of carbonyl (C=O) groups excluding carboxylic acids is 3. The molecule has 1 aliphatic heterocycles. The molecule has 7 heteroatoms. The van der Waals surface area contributed by atoms with Gasteiger partial charge in [0.2, 0.25) is 5.91 Å². The van der Waals surface area contributed by atoms with Crippen LogP contribution >= 0.6 is 0 Å². The van der Waals surface area contributed by atoms with Crippen molar-refractivity contribution in [3.05, 3.63) is 12.2 Å². The van der Waals surface area contributed by atoms with Crippen molar-refractivity contribution in [2.75, 3.05) is 20.3 Å². The van der Waals surface area contributed by atoms with Crippen molar-refractivity contribution in [2.45, 2.75) is 20.1 Å². The Hall–Kier alpha value is -1.89. The highest BCUT2D eigenvalue weighted by atomic mass is 16.5. The molecule has 0 saturated carbocycles. The van der Waals surface area contributed by atoms with E-state index < -0.39 is 18.2 Å². The van der Waals surface area contributed by atoms with Crippen LogP contribution in [0.3, 0.4) is 0 Å². The average Bonchev–Trinajstić information content (AvgIpc) is 2.62. The molecule has 0 aromatic rings. The van der Waals surface area contributed by atoms with Gasteiger partial charge in [0, 0.05) is 24.0 Å². The van der Waals surface area contributed by atoms with E-state index in [0.29, 0.717) is 0 Å². The van der Waals surface area contributed by atoms with Crippen LogP contribution in [0.4, 0.5) is 0 Å². The first-order valence-corrected chi connectivity index (χ1v) is 6.29. The van der Waals surface area contributed by atoms with E-state index in [1.807, 2.05) is 0 Å². The van der Waals surface area contributed by atoms with Crippen LogP contribution in [0.2, 0.25) is 0 Å². The van der Waals surface area contributed by atoms with Crippen molar-refractivity contribution in [1.82, 2.24) is 4.90 Å². The Morgan fingerprint density at radius 3 is 2.40 bits per heavy atom. The summed E-state index contributed by atoms with van der Waals surface area (Å²) in [5, 5.41) is 9.86. The van der Waals surface area contributed by atoms with Gasteiger partial charge in [0.05, 0.1) is 13.7 Å². The molecule has 20 heavy (non-hydrogen) atoms. The maximum absolute atomic E-state index is 11.8. The van der Waals surface area contributed by atoms with E-state index in [1.165, 1.54) is 12.0 Å². The molecule has 112 valence electrons. The number of esters is 2. The highest BCUT2D eigenvalue weighted by Crippen LogP contribution is 2.28. The number of amides is 1. The molecule has 0 bridgehead atoms. The number of methoxy groups -OCH3 is 1. The molecular formula is C13H19NO6. The minimum Gasteiger partial charge on any atom is -0.466 e. The molecule has 1 amide bonds. The normalized spacial score (nSPS) is 26.1. The number of aliphatic hydroxyl groups is 1. The number of likely N-dealkylation sites (tertiary alicyclic amines) is 1. The van der Waals surface area contributed by atoms with E-state index >= 15 is 0 Å². The van der Waals surface area contributed by atoms with Gasteiger partial charge in [-0.3, -0.25) is 4.79 Å². The summed E-state index contributed by atoms with van der Waals surface area (Å²) in [5.41, 5.74) is 0. The van der Waals surface area contributed by atoms with Crippen LogP contribution in [-0.4, -0.2) is 54.3 Å². The number of nitrogens with zero attached hydrogens (tertiary/aromatic N) is 1. The molecule has 1 rings (SSSR count).